The summed E-state index contributed by atoms with van der Waals surface area (Å²) in [5.41, 5.74) is -0.807. The highest BCUT2D eigenvalue weighted by Gasteiger charge is 2.56. The Kier molecular flexibility index (Phi) is 6.70. The fraction of sp³-hybridized carbons (Fsp3) is 0.900. The first-order valence-corrected chi connectivity index (χ1v) is 9.85. The van der Waals surface area contributed by atoms with E-state index in [-0.39, 0.29) is 11.8 Å². The monoisotopic (exact) mass is 338 g/mol. The van der Waals surface area contributed by atoms with E-state index < -0.39 is 23.3 Å². The van der Waals surface area contributed by atoms with Gasteiger partial charge in [0.2, 0.25) is 0 Å². The van der Waals surface area contributed by atoms with Gasteiger partial charge in [0.25, 0.3) is 0 Å². The van der Waals surface area contributed by atoms with E-state index in [0.717, 1.165) is 51.4 Å². The zero-order valence-electron chi connectivity index (χ0n) is 15.3. The molecule has 2 saturated carbocycles. The van der Waals surface area contributed by atoms with Crippen molar-refractivity contribution < 1.29 is 19.8 Å². The normalized spacial score (nSPS) is 32.0. The summed E-state index contributed by atoms with van der Waals surface area (Å²) < 4.78 is 0. The maximum Gasteiger partial charge on any atom is 0.310 e. The third kappa shape index (κ3) is 3.94. The Morgan fingerprint density at radius 1 is 1.04 bits per heavy atom. The van der Waals surface area contributed by atoms with Gasteiger partial charge in [0, 0.05) is 0 Å². The van der Waals surface area contributed by atoms with Gasteiger partial charge in [0.1, 0.15) is 0 Å². The van der Waals surface area contributed by atoms with E-state index >= 15 is 0 Å². The van der Waals surface area contributed by atoms with Crippen LogP contribution < -0.4 is 0 Å². The molecule has 4 heteroatoms. The lowest BCUT2D eigenvalue weighted by atomic mass is 9.52. The fourth-order valence-electron chi connectivity index (χ4n) is 5.43. The van der Waals surface area contributed by atoms with Gasteiger partial charge in [-0.15, -0.1) is 0 Å². The first kappa shape index (κ1) is 19.3. The number of hydrogen-bond donors (Lipinski definition) is 2. The molecule has 0 heterocycles. The number of hydrogen-bond acceptors (Lipinski definition) is 2. The lowest BCUT2D eigenvalue weighted by molar-refractivity contribution is -0.171. The molecule has 2 aliphatic rings. The summed E-state index contributed by atoms with van der Waals surface area (Å²) in [5, 5.41) is 20.0. The van der Waals surface area contributed by atoms with Crippen LogP contribution in [0.3, 0.4) is 0 Å². The summed E-state index contributed by atoms with van der Waals surface area (Å²) in [5.74, 6) is -1.46. The molecule has 4 nitrogen and oxygen atoms in total. The van der Waals surface area contributed by atoms with Gasteiger partial charge in [0.05, 0.1) is 11.3 Å². The van der Waals surface area contributed by atoms with Crippen molar-refractivity contribution in [3.05, 3.63) is 0 Å². The van der Waals surface area contributed by atoms with Crippen molar-refractivity contribution in [1.82, 2.24) is 0 Å². The van der Waals surface area contributed by atoms with Gasteiger partial charge in [-0.3, -0.25) is 9.59 Å². The smallest absolute Gasteiger partial charge is 0.310 e. The average Bonchev–Trinajstić information content (AvgIpc) is 2.55. The minimum atomic E-state index is -0.807. The van der Waals surface area contributed by atoms with Gasteiger partial charge >= 0.3 is 11.9 Å². The van der Waals surface area contributed by atoms with Gasteiger partial charge in [0.15, 0.2) is 0 Å². The quantitative estimate of drug-likeness (QED) is 0.687. The molecule has 0 radical (unpaired) electrons. The van der Waals surface area contributed by atoms with Crippen LogP contribution in [0.15, 0.2) is 0 Å². The molecular formula is C20H34O4. The van der Waals surface area contributed by atoms with Crippen LogP contribution in [0, 0.1) is 29.1 Å². The molecule has 138 valence electrons. The Hall–Kier alpha value is -1.06. The van der Waals surface area contributed by atoms with Gasteiger partial charge in [-0.1, -0.05) is 52.4 Å². The molecular weight excluding hydrogens is 304 g/mol. The van der Waals surface area contributed by atoms with Gasteiger partial charge in [-0.25, -0.2) is 0 Å². The molecule has 0 saturated heterocycles. The second-order valence-corrected chi connectivity index (χ2v) is 8.45. The van der Waals surface area contributed by atoms with E-state index in [2.05, 4.69) is 13.8 Å². The Morgan fingerprint density at radius 3 is 2.25 bits per heavy atom. The van der Waals surface area contributed by atoms with Crippen LogP contribution in [0.25, 0.3) is 0 Å². The lowest BCUT2D eigenvalue weighted by Crippen LogP contribution is -2.52. The Labute approximate surface area is 146 Å². The highest BCUT2D eigenvalue weighted by molar-refractivity contribution is 5.78. The van der Waals surface area contributed by atoms with Crippen molar-refractivity contribution in [3.8, 4) is 0 Å². The number of carboxylic acids is 2. The van der Waals surface area contributed by atoms with E-state index in [9.17, 15) is 19.8 Å². The second-order valence-electron chi connectivity index (χ2n) is 8.45. The maximum atomic E-state index is 12.5. The summed E-state index contributed by atoms with van der Waals surface area (Å²) in [6, 6.07) is 0. The average molecular weight is 338 g/mol. The Bertz CT molecular complexity index is 439. The van der Waals surface area contributed by atoms with Crippen LogP contribution in [-0.2, 0) is 9.59 Å². The topological polar surface area (TPSA) is 74.6 Å². The zero-order chi connectivity index (χ0) is 17.7. The number of rotatable bonds is 7. The molecule has 2 rings (SSSR count). The predicted molar refractivity (Wildman–Crippen MR) is 93.8 cm³/mol. The van der Waals surface area contributed by atoms with E-state index in [4.69, 9.17) is 0 Å². The van der Waals surface area contributed by atoms with Gasteiger partial charge in [-0.05, 0) is 49.9 Å². The Morgan fingerprint density at radius 2 is 1.71 bits per heavy atom. The third-order valence-electron chi connectivity index (χ3n) is 6.60. The van der Waals surface area contributed by atoms with E-state index in [1.807, 2.05) is 0 Å². The SMILES string of the molecule is CC(C)CCCC1C(C(=O)O)CCCC1(C(=O)O)C1CCCCC1. The molecule has 0 aromatic heterocycles. The highest BCUT2D eigenvalue weighted by Crippen LogP contribution is 2.55. The molecule has 0 spiro atoms. The summed E-state index contributed by atoms with van der Waals surface area (Å²) in [4.78, 5) is 24.3. The number of aliphatic carboxylic acids is 2. The molecule has 24 heavy (non-hydrogen) atoms. The molecule has 0 bridgehead atoms. The first-order chi connectivity index (χ1) is 11.4. The van der Waals surface area contributed by atoms with Crippen LogP contribution in [-0.4, -0.2) is 22.2 Å². The maximum absolute atomic E-state index is 12.5. The van der Waals surface area contributed by atoms with E-state index in [1.54, 1.807) is 0 Å². The van der Waals surface area contributed by atoms with Crippen molar-refractivity contribution in [3.63, 3.8) is 0 Å². The van der Waals surface area contributed by atoms with Crippen LogP contribution in [0.2, 0.25) is 0 Å². The molecule has 2 fully saturated rings. The minimum Gasteiger partial charge on any atom is -0.481 e. The standard InChI is InChI=1S/C20H34O4/c1-14(2)8-6-12-17-16(18(21)22)11-7-13-20(17,19(23)24)15-9-4-3-5-10-15/h14-17H,3-13H2,1-2H3,(H,21,22)(H,23,24). The number of carboxylic acid groups (broad SMARTS) is 2. The molecule has 2 N–H and O–H groups in total. The van der Waals surface area contributed by atoms with Crippen molar-refractivity contribution >= 4 is 11.9 Å². The Balaban J connectivity index is 2.30. The summed E-state index contributed by atoms with van der Waals surface area (Å²) in [7, 11) is 0. The summed E-state index contributed by atoms with van der Waals surface area (Å²) in [6.45, 7) is 4.34. The van der Waals surface area contributed by atoms with Crippen LogP contribution in [0.5, 0.6) is 0 Å². The van der Waals surface area contributed by atoms with Crippen LogP contribution >= 0.6 is 0 Å². The number of carbonyl (C=O) groups is 2. The van der Waals surface area contributed by atoms with Gasteiger partial charge < -0.3 is 10.2 Å². The molecule has 3 unspecified atom stereocenters. The summed E-state index contributed by atoms with van der Waals surface area (Å²) >= 11 is 0. The van der Waals surface area contributed by atoms with Gasteiger partial charge in [-0.2, -0.15) is 0 Å². The van der Waals surface area contributed by atoms with E-state index in [1.165, 1.54) is 6.42 Å². The van der Waals surface area contributed by atoms with Crippen molar-refractivity contribution in [1.29, 1.82) is 0 Å². The van der Waals surface area contributed by atoms with Crippen molar-refractivity contribution in [2.75, 3.05) is 0 Å². The molecule has 0 aromatic carbocycles. The van der Waals surface area contributed by atoms with Crippen molar-refractivity contribution in [2.24, 2.45) is 29.1 Å². The summed E-state index contributed by atoms with van der Waals surface area (Å²) in [6.07, 6.45) is 10.1. The second kappa shape index (κ2) is 8.35. The van der Waals surface area contributed by atoms with Crippen molar-refractivity contribution in [2.45, 2.75) is 84.5 Å². The zero-order valence-corrected chi connectivity index (χ0v) is 15.3. The molecule has 0 aliphatic heterocycles. The van der Waals surface area contributed by atoms with Crippen LogP contribution in [0.4, 0.5) is 0 Å². The molecule has 0 amide bonds. The third-order valence-corrected chi connectivity index (χ3v) is 6.60. The van der Waals surface area contributed by atoms with E-state index in [0.29, 0.717) is 18.8 Å². The molecule has 0 aromatic rings. The highest BCUT2D eigenvalue weighted by atomic mass is 16.4. The lowest BCUT2D eigenvalue weighted by Gasteiger charge is -2.50. The molecule has 3 atom stereocenters. The first-order valence-electron chi connectivity index (χ1n) is 9.85. The molecule has 2 aliphatic carbocycles. The largest absolute Gasteiger partial charge is 0.481 e. The predicted octanol–water partition coefficient (Wildman–Crippen LogP) is 4.96. The fourth-order valence-corrected chi connectivity index (χ4v) is 5.43. The minimum absolute atomic E-state index is 0.162. The van der Waals surface area contributed by atoms with Crippen LogP contribution in [0.1, 0.15) is 84.5 Å².